The number of carbonyl (C=O) groups is 2. The molecule has 7 nitrogen and oxygen atoms in total. The molecule has 6 bridgehead atoms. The molecule has 5 aliphatic rings. The van der Waals surface area contributed by atoms with Gasteiger partial charge in [0.25, 0.3) is 0 Å². The van der Waals surface area contributed by atoms with Crippen molar-refractivity contribution < 1.29 is 34.0 Å². The molecule has 0 aromatic rings. The van der Waals surface area contributed by atoms with E-state index in [0.29, 0.717) is 25.7 Å². The maximum Gasteiger partial charge on any atom is 0.302 e. The van der Waals surface area contributed by atoms with Crippen molar-refractivity contribution in [3.63, 3.8) is 0 Å². The molecule has 2 aliphatic heterocycles. The average molecular weight is 368 g/mol. The lowest BCUT2D eigenvalue weighted by Gasteiger charge is -2.71. The molecule has 0 radical (unpaired) electrons. The molecular formula is C19H28O7. The fourth-order valence-electron chi connectivity index (χ4n) is 6.54. The Balaban J connectivity index is 1.85. The third-order valence-corrected chi connectivity index (χ3v) is 8.01. The Hall–Kier alpha value is -1.18. The van der Waals surface area contributed by atoms with Crippen LogP contribution in [0.3, 0.4) is 0 Å². The predicted molar refractivity (Wildman–Crippen MR) is 88.9 cm³/mol. The Labute approximate surface area is 153 Å². The molecule has 26 heavy (non-hydrogen) atoms. The number of ether oxygens (including phenoxy) is 3. The summed E-state index contributed by atoms with van der Waals surface area (Å²) in [5, 5.41) is 22.7. The first-order valence-electron chi connectivity index (χ1n) is 9.39. The summed E-state index contributed by atoms with van der Waals surface area (Å²) in [5.74, 6) is -1.05. The number of aliphatic hydroxyl groups is 2. The number of esters is 2. The summed E-state index contributed by atoms with van der Waals surface area (Å²) in [4.78, 5) is 23.3. The van der Waals surface area contributed by atoms with Gasteiger partial charge in [0, 0.05) is 37.0 Å². The van der Waals surface area contributed by atoms with Crippen LogP contribution >= 0.6 is 0 Å². The second kappa shape index (κ2) is 5.20. The summed E-state index contributed by atoms with van der Waals surface area (Å²) >= 11 is 0. The largest absolute Gasteiger partial charge is 0.465 e. The highest BCUT2D eigenvalue weighted by Crippen LogP contribution is 2.74. The van der Waals surface area contributed by atoms with Crippen LogP contribution in [0.1, 0.15) is 53.4 Å². The lowest BCUT2D eigenvalue weighted by molar-refractivity contribution is -0.377. The zero-order valence-corrected chi connectivity index (χ0v) is 15.8. The molecule has 3 aliphatic carbocycles. The van der Waals surface area contributed by atoms with Crippen LogP contribution in [-0.2, 0) is 23.8 Å². The Morgan fingerprint density at radius 1 is 1.15 bits per heavy atom. The number of carbonyl (C=O) groups excluding carboxylic acids is 2. The summed E-state index contributed by atoms with van der Waals surface area (Å²) in [6.45, 7) is 6.53. The van der Waals surface area contributed by atoms with Crippen LogP contribution in [0.2, 0.25) is 0 Å². The highest BCUT2D eigenvalue weighted by atomic mass is 16.6. The van der Waals surface area contributed by atoms with Crippen LogP contribution in [0.4, 0.5) is 0 Å². The minimum atomic E-state index is -1.24. The van der Waals surface area contributed by atoms with E-state index in [1.54, 1.807) is 6.92 Å². The van der Waals surface area contributed by atoms with Gasteiger partial charge in [-0.05, 0) is 26.2 Å². The number of hydrogen-bond acceptors (Lipinski definition) is 7. The summed E-state index contributed by atoms with van der Waals surface area (Å²) in [7, 11) is 0. The monoisotopic (exact) mass is 368 g/mol. The SMILES string of the molecule is CC(=O)OCC12CCC(C)(O)C3CC4(O)C(CC(OC(C)=O)C41C)OC32. The zero-order valence-electron chi connectivity index (χ0n) is 15.8. The molecule has 8 atom stereocenters. The zero-order chi connectivity index (χ0) is 19.1. The van der Waals surface area contributed by atoms with Crippen molar-refractivity contribution in [3.05, 3.63) is 0 Å². The second-order valence-corrected chi connectivity index (χ2v) is 9.11. The molecule has 2 N–H and O–H groups in total. The van der Waals surface area contributed by atoms with Crippen molar-refractivity contribution in [1.29, 1.82) is 0 Å². The van der Waals surface area contributed by atoms with Crippen molar-refractivity contribution in [2.45, 2.75) is 82.9 Å². The normalized spacial score (nSPS) is 54.1. The fourth-order valence-corrected chi connectivity index (χ4v) is 6.54. The quantitative estimate of drug-likeness (QED) is 0.715. The van der Waals surface area contributed by atoms with Crippen LogP contribution in [0.5, 0.6) is 0 Å². The van der Waals surface area contributed by atoms with Crippen molar-refractivity contribution in [3.8, 4) is 0 Å². The van der Waals surface area contributed by atoms with E-state index in [9.17, 15) is 19.8 Å². The lowest BCUT2D eigenvalue weighted by atomic mass is 9.40. The lowest BCUT2D eigenvalue weighted by Crippen LogP contribution is -2.80. The first kappa shape index (κ1) is 18.2. The maximum atomic E-state index is 11.8. The van der Waals surface area contributed by atoms with Gasteiger partial charge in [-0.15, -0.1) is 0 Å². The molecule has 146 valence electrons. The van der Waals surface area contributed by atoms with E-state index in [-0.39, 0.29) is 18.6 Å². The van der Waals surface area contributed by atoms with Crippen LogP contribution < -0.4 is 0 Å². The first-order valence-corrected chi connectivity index (χ1v) is 9.39. The molecule has 7 heteroatoms. The third-order valence-electron chi connectivity index (χ3n) is 8.01. The molecule has 0 spiro atoms. The molecule has 8 unspecified atom stereocenters. The Morgan fingerprint density at radius 2 is 1.85 bits per heavy atom. The summed E-state index contributed by atoms with van der Waals surface area (Å²) in [5.41, 5.74) is -3.70. The van der Waals surface area contributed by atoms with Gasteiger partial charge in [-0.1, -0.05) is 6.92 Å². The Morgan fingerprint density at radius 3 is 2.46 bits per heavy atom. The summed E-state index contributed by atoms with van der Waals surface area (Å²) in [6, 6.07) is 0. The molecule has 0 aromatic heterocycles. The smallest absolute Gasteiger partial charge is 0.302 e. The van der Waals surface area contributed by atoms with Gasteiger partial charge in [0.1, 0.15) is 18.3 Å². The van der Waals surface area contributed by atoms with Crippen molar-refractivity contribution in [2.24, 2.45) is 16.7 Å². The molecule has 2 saturated heterocycles. The van der Waals surface area contributed by atoms with E-state index in [0.717, 1.165) is 0 Å². The minimum absolute atomic E-state index is 0.0862. The van der Waals surface area contributed by atoms with E-state index in [1.807, 2.05) is 6.92 Å². The van der Waals surface area contributed by atoms with E-state index in [1.165, 1.54) is 13.8 Å². The minimum Gasteiger partial charge on any atom is -0.465 e. The van der Waals surface area contributed by atoms with Gasteiger partial charge in [0.05, 0.1) is 17.8 Å². The van der Waals surface area contributed by atoms with E-state index < -0.39 is 46.2 Å². The van der Waals surface area contributed by atoms with E-state index in [2.05, 4.69) is 0 Å². The van der Waals surface area contributed by atoms with E-state index in [4.69, 9.17) is 14.2 Å². The topological polar surface area (TPSA) is 102 Å². The molecule has 3 saturated carbocycles. The van der Waals surface area contributed by atoms with Gasteiger partial charge in [-0.3, -0.25) is 9.59 Å². The summed E-state index contributed by atoms with van der Waals surface area (Å²) < 4.78 is 17.4. The van der Waals surface area contributed by atoms with Crippen LogP contribution in [0.15, 0.2) is 0 Å². The van der Waals surface area contributed by atoms with Crippen LogP contribution in [0, 0.1) is 16.7 Å². The molecule has 0 amide bonds. The molecule has 5 fully saturated rings. The van der Waals surface area contributed by atoms with Gasteiger partial charge < -0.3 is 24.4 Å². The van der Waals surface area contributed by atoms with Gasteiger partial charge in [-0.25, -0.2) is 0 Å². The van der Waals surface area contributed by atoms with Gasteiger partial charge in [0.2, 0.25) is 0 Å². The van der Waals surface area contributed by atoms with E-state index >= 15 is 0 Å². The maximum absolute atomic E-state index is 11.8. The van der Waals surface area contributed by atoms with Gasteiger partial charge in [-0.2, -0.15) is 0 Å². The van der Waals surface area contributed by atoms with Crippen LogP contribution in [-0.4, -0.2) is 58.3 Å². The van der Waals surface area contributed by atoms with Crippen LogP contribution in [0.25, 0.3) is 0 Å². The highest BCUT2D eigenvalue weighted by molar-refractivity contribution is 5.67. The second-order valence-electron chi connectivity index (χ2n) is 9.11. The third kappa shape index (κ3) is 1.94. The van der Waals surface area contributed by atoms with Crippen molar-refractivity contribution >= 4 is 11.9 Å². The molecule has 0 aromatic carbocycles. The van der Waals surface area contributed by atoms with Gasteiger partial charge in [0.15, 0.2) is 0 Å². The molecule has 5 rings (SSSR count). The predicted octanol–water partition coefficient (Wildman–Crippen LogP) is 0.941. The Kier molecular flexibility index (Phi) is 3.64. The van der Waals surface area contributed by atoms with Crippen molar-refractivity contribution in [2.75, 3.05) is 6.61 Å². The molecular weight excluding hydrogens is 340 g/mol. The Bertz CT molecular complexity index is 660. The molecule has 2 heterocycles. The fraction of sp³-hybridized carbons (Fsp3) is 0.895. The van der Waals surface area contributed by atoms with Gasteiger partial charge >= 0.3 is 11.9 Å². The van der Waals surface area contributed by atoms with Crippen molar-refractivity contribution in [1.82, 2.24) is 0 Å². The number of hydrogen-bond donors (Lipinski definition) is 2. The number of rotatable bonds is 3. The first-order chi connectivity index (χ1) is 12.0. The highest BCUT2D eigenvalue weighted by Gasteiger charge is 2.83. The average Bonchev–Trinajstić information content (AvgIpc) is 2.67. The summed E-state index contributed by atoms with van der Waals surface area (Å²) in [6.07, 6.45) is 0.539. The standard InChI is InChI=1S/C19H28O7/c1-10(20)24-9-18-6-5-16(3,22)12-8-19(23)14(26-15(12)18)7-13(17(18,19)4)25-11(2)21/h12-15,22-23H,5-9H2,1-4H3.